The van der Waals surface area contributed by atoms with Gasteiger partial charge in [-0.1, -0.05) is 36.5 Å². The second kappa shape index (κ2) is 9.20. The van der Waals surface area contributed by atoms with Gasteiger partial charge in [0, 0.05) is 0 Å². The summed E-state index contributed by atoms with van der Waals surface area (Å²) in [5.74, 6) is 0. The third kappa shape index (κ3) is 13.1. The van der Waals surface area contributed by atoms with E-state index >= 15 is 0 Å². The van der Waals surface area contributed by atoms with Crippen LogP contribution in [-0.4, -0.2) is 21.9 Å². The normalized spacial score (nSPS) is 15.4. The molecule has 2 heteroatoms. The van der Waals surface area contributed by atoms with Crippen molar-refractivity contribution in [2.75, 3.05) is 0 Å². The van der Waals surface area contributed by atoms with Crippen LogP contribution < -0.4 is 0 Å². The van der Waals surface area contributed by atoms with Crippen LogP contribution in [0.2, 0.25) is 0 Å². The van der Waals surface area contributed by atoms with Crippen molar-refractivity contribution < 1.29 is 10.2 Å². The Labute approximate surface area is 105 Å². The fourth-order valence-corrected chi connectivity index (χ4v) is 1.39. The molecule has 2 N–H and O–H groups in total. The summed E-state index contributed by atoms with van der Waals surface area (Å²) in [5.41, 5.74) is -0.708. The molecule has 0 bridgehead atoms. The molecular weight excluding hydrogens is 212 g/mol. The topological polar surface area (TPSA) is 40.5 Å². The van der Waals surface area contributed by atoms with Crippen LogP contribution in [0.1, 0.15) is 46.5 Å². The first-order chi connectivity index (χ1) is 7.95. The highest BCUT2D eigenvalue weighted by Gasteiger charge is 2.04. The smallest absolute Gasteiger partial charge is 0.0771 e. The van der Waals surface area contributed by atoms with Gasteiger partial charge >= 0.3 is 0 Å². The molecule has 0 amide bonds. The summed E-state index contributed by atoms with van der Waals surface area (Å²) in [4.78, 5) is 0. The van der Waals surface area contributed by atoms with Crippen molar-refractivity contribution in [3.8, 4) is 0 Å². The molecule has 0 fully saturated rings. The van der Waals surface area contributed by atoms with E-state index in [0.717, 1.165) is 25.7 Å². The lowest BCUT2D eigenvalue weighted by Crippen LogP contribution is -2.13. The van der Waals surface area contributed by atoms with E-state index in [2.05, 4.69) is 12.2 Å². The average molecular weight is 238 g/mol. The van der Waals surface area contributed by atoms with Crippen molar-refractivity contribution in [1.29, 1.82) is 0 Å². The van der Waals surface area contributed by atoms with Crippen molar-refractivity contribution in [2.45, 2.75) is 58.2 Å². The number of rotatable bonds is 8. The van der Waals surface area contributed by atoms with Gasteiger partial charge in [-0.2, -0.15) is 0 Å². The van der Waals surface area contributed by atoms with Gasteiger partial charge in [-0.3, -0.25) is 0 Å². The second-order valence-corrected chi connectivity index (χ2v) is 4.78. The molecule has 17 heavy (non-hydrogen) atoms. The molecule has 0 saturated heterocycles. The zero-order chi connectivity index (χ0) is 13.1. The third-order valence-electron chi connectivity index (χ3n) is 2.24. The fraction of sp³-hybridized carbons (Fsp3) is 0.600. The summed E-state index contributed by atoms with van der Waals surface area (Å²) in [6.07, 6.45) is 15.0. The first-order valence-electron chi connectivity index (χ1n) is 6.31. The van der Waals surface area contributed by atoms with E-state index in [-0.39, 0.29) is 6.10 Å². The van der Waals surface area contributed by atoms with E-state index in [4.69, 9.17) is 0 Å². The van der Waals surface area contributed by atoms with Crippen LogP contribution in [0.25, 0.3) is 0 Å². The molecule has 0 aliphatic rings. The van der Waals surface area contributed by atoms with Gasteiger partial charge in [0.05, 0.1) is 11.7 Å². The number of aliphatic hydroxyl groups excluding tert-OH is 1. The Hall–Kier alpha value is -0.860. The Balaban J connectivity index is 3.53. The van der Waals surface area contributed by atoms with Crippen LogP contribution in [0.3, 0.4) is 0 Å². The van der Waals surface area contributed by atoms with Crippen LogP contribution >= 0.6 is 0 Å². The number of aliphatic hydroxyl groups is 2. The summed E-state index contributed by atoms with van der Waals surface area (Å²) >= 11 is 0. The van der Waals surface area contributed by atoms with E-state index in [9.17, 15) is 10.2 Å². The molecule has 0 aliphatic carbocycles. The number of unbranched alkanes of at least 4 members (excludes halogenated alkanes) is 1. The predicted molar refractivity (Wildman–Crippen MR) is 73.9 cm³/mol. The summed E-state index contributed by atoms with van der Waals surface area (Å²) in [6, 6.07) is 0. The zero-order valence-corrected chi connectivity index (χ0v) is 11.3. The molecule has 0 heterocycles. The molecule has 2 nitrogen and oxygen atoms in total. The molecule has 0 saturated carbocycles. The van der Waals surface area contributed by atoms with E-state index < -0.39 is 5.60 Å². The summed E-state index contributed by atoms with van der Waals surface area (Å²) < 4.78 is 0. The molecule has 0 aromatic rings. The third-order valence-corrected chi connectivity index (χ3v) is 2.24. The first-order valence-corrected chi connectivity index (χ1v) is 6.31. The van der Waals surface area contributed by atoms with Gasteiger partial charge in [0.2, 0.25) is 0 Å². The Kier molecular flexibility index (Phi) is 8.73. The van der Waals surface area contributed by atoms with Crippen molar-refractivity contribution >= 4 is 0 Å². The molecule has 0 spiro atoms. The van der Waals surface area contributed by atoms with Gasteiger partial charge in [-0.25, -0.2) is 0 Å². The minimum absolute atomic E-state index is 0.320. The summed E-state index contributed by atoms with van der Waals surface area (Å²) in [7, 11) is 0. The predicted octanol–water partition coefficient (Wildman–Crippen LogP) is 3.37. The Bertz CT molecular complexity index is 257. The maximum Gasteiger partial charge on any atom is 0.0771 e. The lowest BCUT2D eigenvalue weighted by atomic mass is 10.1. The molecule has 0 aliphatic heterocycles. The lowest BCUT2D eigenvalue weighted by Gasteiger charge is -2.09. The highest BCUT2D eigenvalue weighted by atomic mass is 16.3. The summed E-state index contributed by atoms with van der Waals surface area (Å²) in [5, 5.41) is 18.9. The fourth-order valence-electron chi connectivity index (χ4n) is 1.39. The van der Waals surface area contributed by atoms with Crippen LogP contribution in [-0.2, 0) is 0 Å². The SMILES string of the molecule is C/C=C/C(O)CC/C=C/CC/C=C/C(C)(C)O. The van der Waals surface area contributed by atoms with Gasteiger partial charge in [0.25, 0.3) is 0 Å². The van der Waals surface area contributed by atoms with Gasteiger partial charge in [0.1, 0.15) is 0 Å². The Morgan fingerprint density at radius 2 is 1.65 bits per heavy atom. The maximum atomic E-state index is 9.43. The monoisotopic (exact) mass is 238 g/mol. The largest absolute Gasteiger partial charge is 0.389 e. The first kappa shape index (κ1) is 16.1. The molecule has 1 atom stereocenters. The van der Waals surface area contributed by atoms with E-state index in [0.29, 0.717) is 0 Å². The Morgan fingerprint density at radius 3 is 2.24 bits per heavy atom. The van der Waals surface area contributed by atoms with Crippen molar-refractivity contribution in [3.63, 3.8) is 0 Å². The Morgan fingerprint density at radius 1 is 1.06 bits per heavy atom. The standard InChI is InChI=1S/C15H26O2/c1-4-11-14(16)12-9-7-5-6-8-10-13-15(2,3)17/h4-5,7,10-11,13-14,16-17H,6,8-9,12H2,1-3H3/b7-5+,11-4+,13-10+. The van der Waals surface area contributed by atoms with E-state index in [1.165, 1.54) is 0 Å². The quantitative estimate of drug-likeness (QED) is 0.503. The molecule has 0 aromatic carbocycles. The number of allylic oxidation sites excluding steroid dienone is 4. The summed E-state index contributed by atoms with van der Waals surface area (Å²) in [6.45, 7) is 5.44. The highest BCUT2D eigenvalue weighted by Crippen LogP contribution is 2.05. The number of hydrogen-bond acceptors (Lipinski definition) is 2. The van der Waals surface area contributed by atoms with Crippen molar-refractivity contribution in [3.05, 3.63) is 36.5 Å². The minimum atomic E-state index is -0.708. The molecule has 0 aromatic heterocycles. The van der Waals surface area contributed by atoms with Gasteiger partial charge in [0.15, 0.2) is 0 Å². The molecule has 1 unspecified atom stereocenters. The second-order valence-electron chi connectivity index (χ2n) is 4.78. The van der Waals surface area contributed by atoms with Crippen molar-refractivity contribution in [1.82, 2.24) is 0 Å². The molecule has 0 rings (SSSR count). The van der Waals surface area contributed by atoms with Crippen LogP contribution in [0.15, 0.2) is 36.5 Å². The molecular formula is C15H26O2. The minimum Gasteiger partial charge on any atom is -0.389 e. The van der Waals surface area contributed by atoms with E-state index in [1.54, 1.807) is 19.9 Å². The van der Waals surface area contributed by atoms with Gasteiger partial charge in [-0.05, 0) is 46.5 Å². The average Bonchev–Trinajstić information content (AvgIpc) is 2.21. The van der Waals surface area contributed by atoms with Crippen LogP contribution in [0.5, 0.6) is 0 Å². The van der Waals surface area contributed by atoms with Crippen LogP contribution in [0.4, 0.5) is 0 Å². The highest BCUT2D eigenvalue weighted by molar-refractivity contribution is 4.96. The zero-order valence-electron chi connectivity index (χ0n) is 11.3. The maximum absolute atomic E-state index is 9.43. The lowest BCUT2D eigenvalue weighted by molar-refractivity contribution is 0.133. The number of hydrogen-bond donors (Lipinski definition) is 2. The van der Waals surface area contributed by atoms with Gasteiger partial charge < -0.3 is 10.2 Å². The van der Waals surface area contributed by atoms with Crippen LogP contribution in [0, 0.1) is 0 Å². The molecule has 98 valence electrons. The van der Waals surface area contributed by atoms with Crippen molar-refractivity contribution in [2.24, 2.45) is 0 Å². The molecule has 0 radical (unpaired) electrons. The van der Waals surface area contributed by atoms with Gasteiger partial charge in [-0.15, -0.1) is 0 Å². The van der Waals surface area contributed by atoms with E-state index in [1.807, 2.05) is 25.2 Å².